The van der Waals surface area contributed by atoms with Gasteiger partial charge in [-0.05, 0) is 25.5 Å². The van der Waals surface area contributed by atoms with E-state index < -0.39 is 10.0 Å². The molecule has 18 heavy (non-hydrogen) atoms. The number of H-pyrrole nitrogens is 1. The van der Waals surface area contributed by atoms with Gasteiger partial charge in [-0.15, -0.1) is 0 Å². The summed E-state index contributed by atoms with van der Waals surface area (Å²) in [7, 11) is -3.60. The molecule has 0 saturated heterocycles. The molecule has 2 rings (SSSR count). The highest BCUT2D eigenvalue weighted by Gasteiger charge is 2.21. The van der Waals surface area contributed by atoms with Gasteiger partial charge in [0, 0.05) is 30.4 Å². The average molecular weight is 269 g/mol. The number of nitrogens with one attached hydrogen (secondary N) is 2. The maximum absolute atomic E-state index is 12.2. The van der Waals surface area contributed by atoms with Crippen molar-refractivity contribution in [1.82, 2.24) is 14.7 Å². The molecule has 6 nitrogen and oxygen atoms in total. The molecule has 0 fully saturated rings. The van der Waals surface area contributed by atoms with Gasteiger partial charge in [0.15, 0.2) is 0 Å². The predicted octanol–water partition coefficient (Wildman–Crippen LogP) is 0.612. The Morgan fingerprint density at radius 2 is 2.33 bits per heavy atom. The van der Waals surface area contributed by atoms with Gasteiger partial charge in [0.05, 0.1) is 0 Å². The molecule has 1 atom stereocenters. The Labute approximate surface area is 105 Å². The summed E-state index contributed by atoms with van der Waals surface area (Å²) in [5, 5.41) is 9.34. The van der Waals surface area contributed by atoms with Gasteiger partial charge in [-0.3, -0.25) is 0 Å². The third-order valence-corrected chi connectivity index (χ3v) is 4.25. The lowest BCUT2D eigenvalue weighted by Gasteiger charge is -2.12. The maximum atomic E-state index is 12.2. The molecule has 2 heterocycles. The van der Waals surface area contributed by atoms with Crippen molar-refractivity contribution < 1.29 is 13.5 Å². The van der Waals surface area contributed by atoms with Crippen LogP contribution in [0.5, 0.6) is 0 Å². The molecule has 3 N–H and O–H groups in total. The summed E-state index contributed by atoms with van der Waals surface area (Å²) in [5.41, 5.74) is 0.535. The number of aliphatic hydroxyl groups is 1. The molecule has 0 spiro atoms. The number of pyridine rings is 1. The fourth-order valence-electron chi connectivity index (χ4n) is 1.73. The minimum absolute atomic E-state index is 0.0564. The molecule has 0 amide bonds. The van der Waals surface area contributed by atoms with E-state index in [9.17, 15) is 8.42 Å². The van der Waals surface area contributed by atoms with E-state index in [2.05, 4.69) is 14.7 Å². The molecule has 2 aromatic rings. The summed E-state index contributed by atoms with van der Waals surface area (Å²) in [4.78, 5) is 7.04. The molecule has 0 aliphatic carbocycles. The zero-order valence-electron chi connectivity index (χ0n) is 9.92. The van der Waals surface area contributed by atoms with Crippen LogP contribution >= 0.6 is 0 Å². The van der Waals surface area contributed by atoms with E-state index in [1.54, 1.807) is 25.3 Å². The zero-order chi connectivity index (χ0) is 13.2. The molecule has 0 radical (unpaired) electrons. The van der Waals surface area contributed by atoms with Crippen LogP contribution < -0.4 is 4.72 Å². The van der Waals surface area contributed by atoms with E-state index in [1.807, 2.05) is 0 Å². The SMILES string of the molecule is CC(CCO)NS(=O)(=O)c1c[nH]c2ncccc12. The normalized spacial score (nSPS) is 13.9. The van der Waals surface area contributed by atoms with Crippen LogP contribution in [0, 0.1) is 0 Å². The van der Waals surface area contributed by atoms with Crippen molar-refractivity contribution in [3.63, 3.8) is 0 Å². The molecule has 0 aliphatic rings. The molecule has 1 unspecified atom stereocenters. The van der Waals surface area contributed by atoms with Crippen LogP contribution in [-0.4, -0.2) is 36.1 Å². The molecule has 0 aliphatic heterocycles. The van der Waals surface area contributed by atoms with E-state index in [4.69, 9.17) is 5.11 Å². The lowest BCUT2D eigenvalue weighted by Crippen LogP contribution is -2.33. The zero-order valence-corrected chi connectivity index (χ0v) is 10.7. The average Bonchev–Trinajstić information content (AvgIpc) is 2.72. The van der Waals surface area contributed by atoms with Crippen molar-refractivity contribution >= 4 is 21.1 Å². The van der Waals surface area contributed by atoms with Gasteiger partial charge in [-0.1, -0.05) is 0 Å². The van der Waals surface area contributed by atoms with Crippen LogP contribution in [-0.2, 0) is 10.0 Å². The Kier molecular flexibility index (Phi) is 3.65. The van der Waals surface area contributed by atoms with Crippen LogP contribution in [0.2, 0.25) is 0 Å². The molecule has 7 heteroatoms. The number of aromatic amines is 1. The second kappa shape index (κ2) is 5.05. The van der Waals surface area contributed by atoms with E-state index in [-0.39, 0.29) is 17.5 Å². The first-order valence-corrected chi connectivity index (χ1v) is 7.08. The molecule has 0 bridgehead atoms. The van der Waals surface area contributed by atoms with Gasteiger partial charge >= 0.3 is 0 Å². The van der Waals surface area contributed by atoms with Crippen LogP contribution in [0.1, 0.15) is 13.3 Å². The Balaban J connectivity index is 2.35. The minimum atomic E-state index is -3.60. The first kappa shape index (κ1) is 13.0. The van der Waals surface area contributed by atoms with Gasteiger partial charge in [0.25, 0.3) is 0 Å². The summed E-state index contributed by atoms with van der Waals surface area (Å²) < 4.78 is 26.8. The number of hydrogen-bond acceptors (Lipinski definition) is 4. The number of aliphatic hydroxyl groups excluding tert-OH is 1. The van der Waals surface area contributed by atoms with Crippen molar-refractivity contribution in [2.75, 3.05) is 6.61 Å². The number of fused-ring (bicyclic) bond motifs is 1. The number of nitrogens with zero attached hydrogens (tertiary/aromatic N) is 1. The largest absolute Gasteiger partial charge is 0.396 e. The van der Waals surface area contributed by atoms with Gasteiger partial charge in [-0.25, -0.2) is 18.1 Å². The van der Waals surface area contributed by atoms with Gasteiger partial charge < -0.3 is 10.1 Å². The Morgan fingerprint density at radius 3 is 3.06 bits per heavy atom. The van der Waals surface area contributed by atoms with Crippen molar-refractivity contribution in [1.29, 1.82) is 0 Å². The summed E-state index contributed by atoms with van der Waals surface area (Å²) >= 11 is 0. The maximum Gasteiger partial charge on any atom is 0.242 e. The predicted molar refractivity (Wildman–Crippen MR) is 67.6 cm³/mol. The third kappa shape index (κ3) is 2.53. The van der Waals surface area contributed by atoms with Crippen molar-refractivity contribution in [3.8, 4) is 0 Å². The Hall–Kier alpha value is -1.44. The topological polar surface area (TPSA) is 95.1 Å². The van der Waals surface area contributed by atoms with Crippen molar-refractivity contribution in [2.45, 2.75) is 24.3 Å². The highest BCUT2D eigenvalue weighted by molar-refractivity contribution is 7.89. The monoisotopic (exact) mass is 269 g/mol. The van der Waals surface area contributed by atoms with Gasteiger partial charge in [0.1, 0.15) is 10.5 Å². The van der Waals surface area contributed by atoms with Crippen molar-refractivity contribution in [2.24, 2.45) is 0 Å². The van der Waals surface area contributed by atoms with E-state index in [1.165, 1.54) is 6.20 Å². The molecule has 2 aromatic heterocycles. The number of hydrogen-bond donors (Lipinski definition) is 3. The second-order valence-electron chi connectivity index (χ2n) is 4.09. The standard InChI is InChI=1S/C11H15N3O3S/c1-8(4-6-15)14-18(16,17)10-7-13-11-9(10)3-2-5-12-11/h2-3,5,7-8,14-15H,4,6H2,1H3,(H,12,13). The summed E-state index contributed by atoms with van der Waals surface area (Å²) in [6, 6.07) is 3.07. The fraction of sp³-hybridized carbons (Fsp3) is 0.364. The van der Waals surface area contributed by atoms with Crippen molar-refractivity contribution in [3.05, 3.63) is 24.5 Å². The number of rotatable bonds is 5. The first-order valence-electron chi connectivity index (χ1n) is 5.60. The molecule has 0 saturated carbocycles. The number of sulfonamides is 1. The smallest absolute Gasteiger partial charge is 0.242 e. The molecule has 98 valence electrons. The minimum Gasteiger partial charge on any atom is -0.396 e. The van der Waals surface area contributed by atoms with Crippen LogP contribution in [0.3, 0.4) is 0 Å². The van der Waals surface area contributed by atoms with Crippen LogP contribution in [0.4, 0.5) is 0 Å². The fourth-order valence-corrected chi connectivity index (χ4v) is 3.18. The first-order chi connectivity index (χ1) is 8.54. The highest BCUT2D eigenvalue weighted by atomic mass is 32.2. The third-order valence-electron chi connectivity index (χ3n) is 2.62. The highest BCUT2D eigenvalue weighted by Crippen LogP contribution is 2.20. The molecular weight excluding hydrogens is 254 g/mol. The summed E-state index contributed by atoms with van der Waals surface area (Å²) in [5.74, 6) is 0. The van der Waals surface area contributed by atoms with Crippen LogP contribution in [0.15, 0.2) is 29.4 Å². The van der Waals surface area contributed by atoms with E-state index in [0.717, 1.165) is 0 Å². The quantitative estimate of drug-likeness (QED) is 0.741. The second-order valence-corrected chi connectivity index (χ2v) is 5.77. The van der Waals surface area contributed by atoms with E-state index >= 15 is 0 Å². The lowest BCUT2D eigenvalue weighted by atomic mass is 10.3. The van der Waals surface area contributed by atoms with E-state index in [0.29, 0.717) is 17.5 Å². The number of aromatic nitrogens is 2. The molecule has 0 aromatic carbocycles. The van der Waals surface area contributed by atoms with Gasteiger partial charge in [-0.2, -0.15) is 0 Å². The molecular formula is C11H15N3O3S. The van der Waals surface area contributed by atoms with Crippen LogP contribution in [0.25, 0.3) is 11.0 Å². The summed E-state index contributed by atoms with van der Waals surface area (Å²) in [6.45, 7) is 1.65. The Bertz CT molecular complexity index is 636. The van der Waals surface area contributed by atoms with Gasteiger partial charge in [0.2, 0.25) is 10.0 Å². The lowest BCUT2D eigenvalue weighted by molar-refractivity contribution is 0.275. The summed E-state index contributed by atoms with van der Waals surface area (Å²) in [6.07, 6.45) is 3.39. The Morgan fingerprint density at radius 1 is 1.56 bits per heavy atom.